The molecule has 0 radical (unpaired) electrons. The van der Waals surface area contributed by atoms with Gasteiger partial charge in [0.05, 0.1) is 6.10 Å². The lowest BCUT2D eigenvalue weighted by Gasteiger charge is -2.28. The minimum Gasteiger partial charge on any atom is -0.490 e. The van der Waals surface area contributed by atoms with Crippen molar-refractivity contribution in [2.24, 2.45) is 11.7 Å². The fourth-order valence-corrected chi connectivity index (χ4v) is 2.62. The van der Waals surface area contributed by atoms with Crippen molar-refractivity contribution >= 4 is 12.4 Å². The topological polar surface area (TPSA) is 35.2 Å². The van der Waals surface area contributed by atoms with E-state index in [2.05, 4.69) is 6.92 Å². The van der Waals surface area contributed by atoms with Crippen LogP contribution in [0.5, 0.6) is 5.75 Å². The molecule has 18 heavy (non-hydrogen) atoms. The number of benzene rings is 1. The smallest absolute Gasteiger partial charge is 0.119 e. The molecule has 1 atom stereocenters. The van der Waals surface area contributed by atoms with Crippen LogP contribution in [0.25, 0.3) is 0 Å². The molecule has 1 aliphatic carbocycles. The third-order valence-corrected chi connectivity index (χ3v) is 3.79. The van der Waals surface area contributed by atoms with Crippen LogP contribution in [0.15, 0.2) is 24.3 Å². The summed E-state index contributed by atoms with van der Waals surface area (Å²) in [5.41, 5.74) is 6.73. The molecule has 0 bridgehead atoms. The third-order valence-electron chi connectivity index (χ3n) is 3.79. The highest BCUT2D eigenvalue weighted by molar-refractivity contribution is 5.85. The molecule has 3 heteroatoms. The Bertz CT molecular complexity index is 333. The van der Waals surface area contributed by atoms with Gasteiger partial charge in [-0.3, -0.25) is 0 Å². The van der Waals surface area contributed by atoms with E-state index in [1.807, 2.05) is 24.3 Å². The lowest BCUT2D eigenvalue weighted by molar-refractivity contribution is 0.123. The minimum atomic E-state index is 0. The summed E-state index contributed by atoms with van der Waals surface area (Å²) >= 11 is 0. The Morgan fingerprint density at radius 3 is 2.33 bits per heavy atom. The van der Waals surface area contributed by atoms with Crippen molar-refractivity contribution in [1.29, 1.82) is 0 Å². The van der Waals surface area contributed by atoms with Crippen LogP contribution in [0.1, 0.15) is 44.6 Å². The van der Waals surface area contributed by atoms with Crippen LogP contribution in [0.4, 0.5) is 0 Å². The van der Waals surface area contributed by atoms with Crippen LogP contribution >= 0.6 is 12.4 Å². The zero-order valence-electron chi connectivity index (χ0n) is 11.1. The average molecular weight is 270 g/mol. The highest BCUT2D eigenvalue weighted by Gasteiger charge is 2.21. The van der Waals surface area contributed by atoms with Gasteiger partial charge in [0.1, 0.15) is 5.75 Å². The molecule has 1 aromatic carbocycles. The maximum absolute atomic E-state index is 6.01. The number of hydrogen-bond acceptors (Lipinski definition) is 2. The van der Waals surface area contributed by atoms with Gasteiger partial charge in [-0.05, 0) is 43.4 Å². The van der Waals surface area contributed by atoms with Crippen LogP contribution in [0.3, 0.4) is 0 Å². The second kappa shape index (κ2) is 7.65. The number of nitrogens with two attached hydrogens (primary N) is 1. The monoisotopic (exact) mass is 269 g/mol. The molecule has 0 spiro atoms. The molecule has 0 amide bonds. The van der Waals surface area contributed by atoms with Crippen molar-refractivity contribution in [2.75, 3.05) is 0 Å². The minimum absolute atomic E-state index is 0. The molecule has 0 aliphatic heterocycles. The first-order valence-corrected chi connectivity index (χ1v) is 6.75. The first-order valence-electron chi connectivity index (χ1n) is 6.75. The summed E-state index contributed by atoms with van der Waals surface area (Å²) in [6.45, 7) is 2.80. The van der Waals surface area contributed by atoms with Gasteiger partial charge in [0.15, 0.2) is 0 Å². The van der Waals surface area contributed by atoms with Gasteiger partial charge in [-0.2, -0.15) is 0 Å². The molecule has 2 rings (SSSR count). The SMILES string of the molecule is CC(Oc1ccc(CN)cc1)C1CCCCC1.Cl. The van der Waals surface area contributed by atoms with Crippen molar-refractivity contribution in [3.05, 3.63) is 29.8 Å². The number of ether oxygens (including phenoxy) is 1. The van der Waals surface area contributed by atoms with Gasteiger partial charge in [-0.1, -0.05) is 31.4 Å². The maximum Gasteiger partial charge on any atom is 0.119 e. The highest BCUT2D eigenvalue weighted by Crippen LogP contribution is 2.28. The zero-order chi connectivity index (χ0) is 12.1. The maximum atomic E-state index is 6.01. The van der Waals surface area contributed by atoms with Crippen LogP contribution in [-0.2, 0) is 6.54 Å². The summed E-state index contributed by atoms with van der Waals surface area (Å²) in [6, 6.07) is 8.15. The molecule has 0 aromatic heterocycles. The predicted molar refractivity (Wildman–Crippen MR) is 78.2 cm³/mol. The molecular formula is C15H24ClNO. The van der Waals surface area contributed by atoms with Gasteiger partial charge in [-0.25, -0.2) is 0 Å². The summed E-state index contributed by atoms with van der Waals surface area (Å²) in [5, 5.41) is 0. The molecule has 0 saturated heterocycles. The van der Waals surface area contributed by atoms with Crippen LogP contribution < -0.4 is 10.5 Å². The van der Waals surface area contributed by atoms with Gasteiger partial charge < -0.3 is 10.5 Å². The largest absolute Gasteiger partial charge is 0.490 e. The van der Waals surface area contributed by atoms with Crippen molar-refractivity contribution in [1.82, 2.24) is 0 Å². The third kappa shape index (κ3) is 4.18. The standard InChI is InChI=1S/C15H23NO.ClH/c1-12(14-5-3-2-4-6-14)17-15-9-7-13(11-16)8-10-15;/h7-10,12,14H,2-6,11,16H2,1H3;1H. The van der Waals surface area contributed by atoms with E-state index in [0.29, 0.717) is 12.6 Å². The molecular weight excluding hydrogens is 246 g/mol. The Morgan fingerprint density at radius 1 is 1.17 bits per heavy atom. The molecule has 1 saturated carbocycles. The fraction of sp³-hybridized carbons (Fsp3) is 0.600. The zero-order valence-corrected chi connectivity index (χ0v) is 11.9. The Kier molecular flexibility index (Phi) is 6.51. The van der Waals surface area contributed by atoms with Crippen molar-refractivity contribution < 1.29 is 4.74 Å². The second-order valence-corrected chi connectivity index (χ2v) is 5.07. The van der Waals surface area contributed by atoms with E-state index >= 15 is 0 Å². The van der Waals surface area contributed by atoms with Crippen LogP contribution in [-0.4, -0.2) is 6.10 Å². The highest BCUT2D eigenvalue weighted by atomic mass is 35.5. The van der Waals surface area contributed by atoms with E-state index < -0.39 is 0 Å². The Morgan fingerprint density at radius 2 is 1.78 bits per heavy atom. The molecule has 0 heterocycles. The van der Waals surface area contributed by atoms with Crippen LogP contribution in [0.2, 0.25) is 0 Å². The van der Waals surface area contributed by atoms with Crippen molar-refractivity contribution in [2.45, 2.75) is 51.7 Å². The summed E-state index contributed by atoms with van der Waals surface area (Å²) in [6.07, 6.45) is 7.10. The molecule has 2 N–H and O–H groups in total. The molecule has 1 fully saturated rings. The van der Waals surface area contributed by atoms with Gasteiger partial charge in [0.25, 0.3) is 0 Å². The fourth-order valence-electron chi connectivity index (χ4n) is 2.62. The number of rotatable bonds is 4. The normalized spacial score (nSPS) is 17.9. The van der Waals surface area contributed by atoms with E-state index in [1.165, 1.54) is 32.1 Å². The van der Waals surface area contributed by atoms with E-state index in [-0.39, 0.29) is 12.4 Å². The Labute approximate surface area is 116 Å². The quantitative estimate of drug-likeness (QED) is 0.899. The van der Waals surface area contributed by atoms with Gasteiger partial charge in [0, 0.05) is 6.54 Å². The Hall–Kier alpha value is -0.730. The molecule has 2 nitrogen and oxygen atoms in total. The number of hydrogen-bond donors (Lipinski definition) is 1. The van der Waals surface area contributed by atoms with E-state index in [4.69, 9.17) is 10.5 Å². The van der Waals surface area contributed by atoms with Crippen LogP contribution in [0, 0.1) is 5.92 Å². The molecule has 1 aromatic rings. The van der Waals surface area contributed by atoms with Crippen molar-refractivity contribution in [3.63, 3.8) is 0 Å². The van der Waals surface area contributed by atoms with E-state index in [1.54, 1.807) is 0 Å². The number of halogens is 1. The second-order valence-electron chi connectivity index (χ2n) is 5.07. The first kappa shape index (κ1) is 15.3. The summed E-state index contributed by atoms with van der Waals surface area (Å²) in [4.78, 5) is 0. The van der Waals surface area contributed by atoms with Crippen molar-refractivity contribution in [3.8, 4) is 5.75 Å². The van der Waals surface area contributed by atoms with E-state index in [9.17, 15) is 0 Å². The summed E-state index contributed by atoms with van der Waals surface area (Å²) in [7, 11) is 0. The lowest BCUT2D eigenvalue weighted by Crippen LogP contribution is -2.25. The molecule has 1 unspecified atom stereocenters. The predicted octanol–water partition coefficient (Wildman–Crippen LogP) is 3.91. The molecule has 102 valence electrons. The van der Waals surface area contributed by atoms with E-state index in [0.717, 1.165) is 17.2 Å². The Balaban J connectivity index is 0.00000162. The van der Waals surface area contributed by atoms with Gasteiger partial charge >= 0.3 is 0 Å². The first-order chi connectivity index (χ1) is 8.29. The summed E-state index contributed by atoms with van der Waals surface area (Å²) < 4.78 is 6.01. The molecule has 1 aliphatic rings. The van der Waals surface area contributed by atoms with Gasteiger partial charge in [-0.15, -0.1) is 12.4 Å². The summed E-state index contributed by atoms with van der Waals surface area (Å²) in [5.74, 6) is 1.71. The van der Waals surface area contributed by atoms with Gasteiger partial charge in [0.2, 0.25) is 0 Å². The average Bonchev–Trinajstić information content (AvgIpc) is 2.40. The lowest BCUT2D eigenvalue weighted by atomic mass is 9.86.